The Kier molecular flexibility index (Phi) is 4.99. The summed E-state index contributed by atoms with van der Waals surface area (Å²) in [6.45, 7) is 5.87. The number of rotatable bonds is 6. The molecule has 3 heteroatoms. The summed E-state index contributed by atoms with van der Waals surface area (Å²) in [5.41, 5.74) is 8.80. The van der Waals surface area contributed by atoms with Gasteiger partial charge in [-0.1, -0.05) is 24.3 Å². The molecule has 108 valence electrons. The Hall–Kier alpha value is -1.58. The van der Waals surface area contributed by atoms with E-state index in [-0.39, 0.29) is 6.04 Å². The Morgan fingerprint density at radius 1 is 1.15 bits per heavy atom. The number of furan rings is 1. The van der Waals surface area contributed by atoms with Crippen LogP contribution in [0.2, 0.25) is 0 Å². The van der Waals surface area contributed by atoms with E-state index in [9.17, 15) is 0 Å². The van der Waals surface area contributed by atoms with Crippen molar-refractivity contribution in [3.8, 4) is 0 Å². The molecule has 0 bridgehead atoms. The topological polar surface area (TPSA) is 42.4 Å². The molecule has 0 amide bonds. The number of nitrogens with zero attached hydrogens (tertiary/aromatic N) is 1. The second-order valence-corrected chi connectivity index (χ2v) is 5.50. The summed E-state index contributed by atoms with van der Waals surface area (Å²) < 4.78 is 5.59. The number of hydrogen-bond donors (Lipinski definition) is 1. The highest BCUT2D eigenvalue weighted by atomic mass is 16.3. The van der Waals surface area contributed by atoms with Crippen LogP contribution in [-0.4, -0.2) is 18.5 Å². The fourth-order valence-corrected chi connectivity index (χ4v) is 2.43. The van der Waals surface area contributed by atoms with Gasteiger partial charge in [-0.2, -0.15) is 0 Å². The van der Waals surface area contributed by atoms with E-state index in [1.54, 1.807) is 0 Å². The van der Waals surface area contributed by atoms with Gasteiger partial charge in [0.05, 0.1) is 6.54 Å². The first kappa shape index (κ1) is 14.8. The van der Waals surface area contributed by atoms with Crippen LogP contribution in [0.5, 0.6) is 0 Å². The van der Waals surface area contributed by atoms with Crippen LogP contribution < -0.4 is 5.73 Å². The molecule has 2 aromatic rings. The van der Waals surface area contributed by atoms with E-state index < -0.39 is 0 Å². The lowest BCUT2D eigenvalue weighted by molar-refractivity contribution is 0.281. The minimum atomic E-state index is 0.0944. The third-order valence-corrected chi connectivity index (χ3v) is 3.63. The second kappa shape index (κ2) is 6.73. The Bertz CT molecular complexity index is 547. The molecule has 20 heavy (non-hydrogen) atoms. The van der Waals surface area contributed by atoms with Gasteiger partial charge in [0.1, 0.15) is 11.5 Å². The molecule has 2 rings (SSSR count). The van der Waals surface area contributed by atoms with Crippen LogP contribution in [0.25, 0.3) is 0 Å². The van der Waals surface area contributed by atoms with Crippen molar-refractivity contribution < 1.29 is 4.42 Å². The van der Waals surface area contributed by atoms with Crippen molar-refractivity contribution in [2.75, 3.05) is 13.6 Å². The highest BCUT2D eigenvalue weighted by Crippen LogP contribution is 2.18. The van der Waals surface area contributed by atoms with E-state index in [0.29, 0.717) is 0 Å². The second-order valence-electron chi connectivity index (χ2n) is 5.50. The van der Waals surface area contributed by atoms with E-state index >= 15 is 0 Å². The van der Waals surface area contributed by atoms with Gasteiger partial charge in [0, 0.05) is 12.6 Å². The third kappa shape index (κ3) is 3.95. The van der Waals surface area contributed by atoms with Gasteiger partial charge in [-0.05, 0) is 50.6 Å². The molecule has 0 aliphatic carbocycles. The predicted molar refractivity (Wildman–Crippen MR) is 82.5 cm³/mol. The Morgan fingerprint density at radius 3 is 2.55 bits per heavy atom. The zero-order valence-corrected chi connectivity index (χ0v) is 12.6. The molecule has 1 heterocycles. The van der Waals surface area contributed by atoms with Gasteiger partial charge in [0.15, 0.2) is 0 Å². The smallest absolute Gasteiger partial charge is 0.118 e. The van der Waals surface area contributed by atoms with Crippen molar-refractivity contribution in [2.24, 2.45) is 5.73 Å². The maximum Gasteiger partial charge on any atom is 0.118 e. The zero-order valence-electron chi connectivity index (χ0n) is 12.6. The van der Waals surface area contributed by atoms with E-state index in [1.807, 2.05) is 19.1 Å². The third-order valence-electron chi connectivity index (χ3n) is 3.63. The normalized spacial score (nSPS) is 12.8. The first-order valence-electron chi connectivity index (χ1n) is 7.11. The van der Waals surface area contributed by atoms with E-state index in [2.05, 4.69) is 43.1 Å². The van der Waals surface area contributed by atoms with Crippen LogP contribution in [0.15, 0.2) is 40.8 Å². The molecule has 1 unspecified atom stereocenters. The molecule has 1 atom stereocenters. The molecule has 3 nitrogen and oxygen atoms in total. The number of nitrogens with two attached hydrogens (primary N) is 1. The largest absolute Gasteiger partial charge is 0.465 e. The highest BCUT2D eigenvalue weighted by Gasteiger charge is 2.10. The quantitative estimate of drug-likeness (QED) is 0.876. The highest BCUT2D eigenvalue weighted by molar-refractivity contribution is 5.28. The monoisotopic (exact) mass is 272 g/mol. The molecule has 0 saturated carbocycles. The zero-order chi connectivity index (χ0) is 14.5. The molecule has 0 aliphatic rings. The van der Waals surface area contributed by atoms with Crippen LogP contribution >= 0.6 is 0 Å². The van der Waals surface area contributed by atoms with Crippen molar-refractivity contribution >= 4 is 0 Å². The molecular weight excluding hydrogens is 248 g/mol. The molecule has 0 radical (unpaired) electrons. The van der Waals surface area contributed by atoms with E-state index in [4.69, 9.17) is 10.2 Å². The van der Waals surface area contributed by atoms with Crippen LogP contribution in [0.4, 0.5) is 0 Å². The van der Waals surface area contributed by atoms with Crippen molar-refractivity contribution in [3.63, 3.8) is 0 Å². The molecule has 0 spiro atoms. The van der Waals surface area contributed by atoms with Gasteiger partial charge in [0.25, 0.3) is 0 Å². The summed E-state index contributed by atoms with van der Waals surface area (Å²) in [5.74, 6) is 1.97. The molecule has 0 fully saturated rings. The molecule has 2 N–H and O–H groups in total. The van der Waals surface area contributed by atoms with Crippen LogP contribution in [0.3, 0.4) is 0 Å². The molecular formula is C17H24N2O. The lowest BCUT2D eigenvalue weighted by Gasteiger charge is -2.19. The number of benzene rings is 1. The Morgan fingerprint density at radius 2 is 1.90 bits per heavy atom. The van der Waals surface area contributed by atoms with Gasteiger partial charge in [-0.25, -0.2) is 0 Å². The van der Waals surface area contributed by atoms with Crippen LogP contribution in [-0.2, 0) is 6.54 Å². The molecule has 0 aliphatic heterocycles. The van der Waals surface area contributed by atoms with Crippen molar-refractivity contribution in [3.05, 3.63) is 59.0 Å². The molecule has 1 aromatic heterocycles. The fourth-order valence-electron chi connectivity index (χ4n) is 2.43. The minimum Gasteiger partial charge on any atom is -0.465 e. The van der Waals surface area contributed by atoms with Crippen molar-refractivity contribution in [1.29, 1.82) is 0 Å². The summed E-state index contributed by atoms with van der Waals surface area (Å²) >= 11 is 0. The summed E-state index contributed by atoms with van der Waals surface area (Å²) in [6.07, 6.45) is 0.945. The fraction of sp³-hybridized carbons (Fsp3) is 0.412. The van der Waals surface area contributed by atoms with Gasteiger partial charge in [-0.3, -0.25) is 4.90 Å². The maximum atomic E-state index is 6.29. The van der Waals surface area contributed by atoms with Gasteiger partial charge in [0.2, 0.25) is 0 Å². The van der Waals surface area contributed by atoms with Gasteiger partial charge < -0.3 is 10.2 Å². The molecule has 0 saturated heterocycles. The first-order chi connectivity index (χ1) is 9.56. The predicted octanol–water partition coefficient (Wildman–Crippen LogP) is 3.42. The summed E-state index contributed by atoms with van der Waals surface area (Å²) in [6, 6.07) is 12.5. The number of aryl methyl sites for hydroxylation is 2. The standard InChI is InChI=1S/C17H24N2O/c1-13-6-4-5-7-16(13)17(18)10-11-19(3)12-15-9-8-14(2)20-15/h4-9,17H,10-12,18H2,1-3H3. The molecule has 1 aromatic carbocycles. The van der Waals surface area contributed by atoms with Crippen molar-refractivity contribution in [1.82, 2.24) is 4.90 Å². The van der Waals surface area contributed by atoms with Gasteiger partial charge in [-0.15, -0.1) is 0 Å². The van der Waals surface area contributed by atoms with E-state index in [1.165, 1.54) is 11.1 Å². The first-order valence-corrected chi connectivity index (χ1v) is 7.11. The lowest BCUT2D eigenvalue weighted by Crippen LogP contribution is -2.23. The minimum absolute atomic E-state index is 0.0944. The van der Waals surface area contributed by atoms with Crippen LogP contribution in [0.1, 0.15) is 35.1 Å². The number of hydrogen-bond acceptors (Lipinski definition) is 3. The summed E-state index contributed by atoms with van der Waals surface area (Å²) in [7, 11) is 2.10. The van der Waals surface area contributed by atoms with Gasteiger partial charge >= 0.3 is 0 Å². The average Bonchev–Trinajstić information content (AvgIpc) is 2.82. The summed E-state index contributed by atoms with van der Waals surface area (Å²) in [5, 5.41) is 0. The Balaban J connectivity index is 1.84. The Labute approximate surface area is 121 Å². The summed E-state index contributed by atoms with van der Waals surface area (Å²) in [4.78, 5) is 2.25. The van der Waals surface area contributed by atoms with Crippen LogP contribution in [0, 0.1) is 13.8 Å². The van der Waals surface area contributed by atoms with Crippen molar-refractivity contribution in [2.45, 2.75) is 32.9 Å². The van der Waals surface area contributed by atoms with E-state index in [0.717, 1.165) is 31.0 Å². The SMILES string of the molecule is Cc1ccc(CN(C)CCC(N)c2ccccc2C)o1. The average molecular weight is 272 g/mol. The lowest BCUT2D eigenvalue weighted by atomic mass is 9.99. The maximum absolute atomic E-state index is 6.29.